The van der Waals surface area contributed by atoms with Crippen LogP contribution in [0.4, 0.5) is 23.4 Å². The van der Waals surface area contributed by atoms with Crippen LogP contribution in [-0.2, 0) is 6.18 Å². The van der Waals surface area contributed by atoms with Gasteiger partial charge < -0.3 is 5.73 Å². The van der Waals surface area contributed by atoms with Crippen LogP contribution < -0.4 is 5.73 Å². The molecule has 1 aromatic carbocycles. The Morgan fingerprint density at radius 1 is 1.11 bits per heavy atom. The third-order valence-corrected chi connectivity index (χ3v) is 2.69. The van der Waals surface area contributed by atoms with Gasteiger partial charge in [-0.15, -0.1) is 0 Å². The number of nitrogen functional groups attached to an aromatic ring is 1. The van der Waals surface area contributed by atoms with Gasteiger partial charge in [0.15, 0.2) is 0 Å². The van der Waals surface area contributed by atoms with E-state index >= 15 is 0 Å². The fourth-order valence-corrected chi connectivity index (χ4v) is 1.81. The van der Waals surface area contributed by atoms with Gasteiger partial charge >= 0.3 is 6.18 Å². The number of hydrogen-bond acceptors (Lipinski definition) is 2. The summed E-state index contributed by atoms with van der Waals surface area (Å²) in [6.45, 7) is 0. The number of nitrogens with zero attached hydrogens (tertiary/aromatic N) is 1. The lowest BCUT2D eigenvalue weighted by atomic mass is 10.1. The van der Waals surface area contributed by atoms with Crippen molar-refractivity contribution in [1.82, 2.24) is 4.98 Å². The Morgan fingerprint density at radius 2 is 1.79 bits per heavy atom. The lowest BCUT2D eigenvalue weighted by Gasteiger charge is -2.10. The first kappa shape index (κ1) is 13.6. The minimum atomic E-state index is -4.54. The summed E-state index contributed by atoms with van der Waals surface area (Å²) in [5, 5.41) is -0.0359. The van der Waals surface area contributed by atoms with Gasteiger partial charge in [-0.1, -0.05) is 11.6 Å². The second kappa shape index (κ2) is 4.70. The maximum absolute atomic E-state index is 12.9. The Hall–Kier alpha value is -1.82. The molecule has 0 unspecified atom stereocenters. The Balaban J connectivity index is 2.59. The Kier molecular flexibility index (Phi) is 3.36. The van der Waals surface area contributed by atoms with E-state index in [1.165, 1.54) is 6.07 Å². The van der Waals surface area contributed by atoms with Crippen LogP contribution in [-0.4, -0.2) is 4.98 Å². The molecule has 0 amide bonds. The largest absolute Gasteiger partial charge is 0.416 e. The zero-order valence-electron chi connectivity index (χ0n) is 9.30. The Labute approximate surface area is 110 Å². The Morgan fingerprint density at radius 3 is 2.37 bits per heavy atom. The molecule has 1 heterocycles. The first-order valence-electron chi connectivity index (χ1n) is 5.07. The van der Waals surface area contributed by atoms with E-state index in [9.17, 15) is 17.6 Å². The number of halogens is 5. The van der Waals surface area contributed by atoms with Crippen molar-refractivity contribution in [2.75, 3.05) is 5.73 Å². The lowest BCUT2D eigenvalue weighted by molar-refractivity contribution is -0.137. The summed E-state index contributed by atoms with van der Waals surface area (Å²) in [4.78, 5) is 3.78. The minimum absolute atomic E-state index is 0.0359. The second-order valence-electron chi connectivity index (χ2n) is 3.79. The van der Waals surface area contributed by atoms with Crippen molar-refractivity contribution in [3.8, 4) is 11.3 Å². The van der Waals surface area contributed by atoms with Crippen LogP contribution in [0.5, 0.6) is 0 Å². The van der Waals surface area contributed by atoms with Gasteiger partial charge in [-0.2, -0.15) is 13.2 Å². The van der Waals surface area contributed by atoms with E-state index in [0.717, 1.165) is 24.3 Å². The molecule has 19 heavy (non-hydrogen) atoms. The molecule has 0 bridgehead atoms. The molecular weight excluding hydrogens is 284 g/mol. The smallest absolute Gasteiger partial charge is 0.384 e. The quantitative estimate of drug-likeness (QED) is 0.802. The SMILES string of the molecule is Nc1cc(C(F)(F)F)cc(-c2ccc(F)cc2Cl)n1. The highest BCUT2D eigenvalue weighted by Crippen LogP contribution is 2.34. The number of benzene rings is 1. The highest BCUT2D eigenvalue weighted by molar-refractivity contribution is 6.33. The number of alkyl halides is 3. The predicted octanol–water partition coefficient (Wildman–Crippen LogP) is 4.14. The van der Waals surface area contributed by atoms with Gasteiger partial charge in [0.1, 0.15) is 11.6 Å². The summed E-state index contributed by atoms with van der Waals surface area (Å²) in [5.74, 6) is -0.876. The normalized spacial score (nSPS) is 11.6. The number of anilines is 1. The van der Waals surface area contributed by atoms with Gasteiger partial charge in [-0.05, 0) is 30.3 Å². The lowest BCUT2D eigenvalue weighted by Crippen LogP contribution is -2.07. The highest BCUT2D eigenvalue weighted by atomic mass is 35.5. The molecule has 0 atom stereocenters. The standard InChI is InChI=1S/C12H7ClF4N2/c13-9-5-7(14)1-2-8(9)10-3-6(12(15,16)17)4-11(18)19-10/h1-5H,(H2,18,19). The van der Waals surface area contributed by atoms with E-state index in [2.05, 4.69) is 4.98 Å². The molecule has 0 radical (unpaired) electrons. The maximum atomic E-state index is 12.9. The summed E-state index contributed by atoms with van der Waals surface area (Å²) in [7, 11) is 0. The summed E-state index contributed by atoms with van der Waals surface area (Å²) in [6, 6.07) is 4.87. The average molecular weight is 291 g/mol. The van der Waals surface area contributed by atoms with Crippen LogP contribution in [0.3, 0.4) is 0 Å². The highest BCUT2D eigenvalue weighted by Gasteiger charge is 2.31. The predicted molar refractivity (Wildman–Crippen MR) is 64.1 cm³/mol. The third kappa shape index (κ3) is 2.96. The number of pyridine rings is 1. The molecule has 2 nitrogen and oxygen atoms in total. The molecule has 0 spiro atoms. The van der Waals surface area contributed by atoms with Gasteiger partial charge in [-0.25, -0.2) is 9.37 Å². The summed E-state index contributed by atoms with van der Waals surface area (Å²) in [6.07, 6.45) is -4.54. The van der Waals surface area contributed by atoms with Crippen molar-refractivity contribution in [2.45, 2.75) is 6.18 Å². The van der Waals surface area contributed by atoms with E-state index in [1.807, 2.05) is 0 Å². The molecule has 100 valence electrons. The Bertz CT molecular complexity index is 626. The summed E-state index contributed by atoms with van der Waals surface area (Å²) < 4.78 is 50.9. The van der Waals surface area contributed by atoms with E-state index in [-0.39, 0.29) is 22.1 Å². The number of aromatic nitrogens is 1. The van der Waals surface area contributed by atoms with Gasteiger partial charge in [-0.3, -0.25) is 0 Å². The first-order valence-corrected chi connectivity index (χ1v) is 5.45. The van der Waals surface area contributed by atoms with Crippen molar-refractivity contribution in [2.24, 2.45) is 0 Å². The van der Waals surface area contributed by atoms with E-state index in [4.69, 9.17) is 17.3 Å². The zero-order valence-corrected chi connectivity index (χ0v) is 10.1. The second-order valence-corrected chi connectivity index (χ2v) is 4.20. The molecule has 2 N–H and O–H groups in total. The van der Waals surface area contributed by atoms with Gasteiger partial charge in [0.05, 0.1) is 16.3 Å². The zero-order chi connectivity index (χ0) is 14.2. The molecule has 0 saturated carbocycles. The van der Waals surface area contributed by atoms with Crippen molar-refractivity contribution in [3.63, 3.8) is 0 Å². The van der Waals surface area contributed by atoms with E-state index in [0.29, 0.717) is 0 Å². The summed E-state index contributed by atoms with van der Waals surface area (Å²) in [5.41, 5.74) is 4.53. The molecule has 0 saturated heterocycles. The van der Waals surface area contributed by atoms with Crippen molar-refractivity contribution < 1.29 is 17.6 Å². The average Bonchev–Trinajstić information content (AvgIpc) is 2.26. The van der Waals surface area contributed by atoms with Crippen LogP contribution in [0.15, 0.2) is 30.3 Å². The molecule has 0 aliphatic carbocycles. The van der Waals surface area contributed by atoms with Crippen molar-refractivity contribution in [3.05, 3.63) is 46.7 Å². The van der Waals surface area contributed by atoms with E-state index in [1.54, 1.807) is 0 Å². The van der Waals surface area contributed by atoms with Crippen LogP contribution in [0.1, 0.15) is 5.56 Å². The molecule has 0 fully saturated rings. The van der Waals surface area contributed by atoms with Crippen LogP contribution in [0.25, 0.3) is 11.3 Å². The van der Waals surface area contributed by atoms with Crippen LogP contribution in [0.2, 0.25) is 5.02 Å². The monoisotopic (exact) mass is 290 g/mol. The molecular formula is C12H7ClF4N2. The molecule has 0 aliphatic rings. The van der Waals surface area contributed by atoms with Crippen LogP contribution in [0, 0.1) is 5.82 Å². The van der Waals surface area contributed by atoms with Crippen molar-refractivity contribution >= 4 is 17.4 Å². The fourth-order valence-electron chi connectivity index (χ4n) is 1.55. The molecule has 2 aromatic rings. The molecule has 7 heteroatoms. The maximum Gasteiger partial charge on any atom is 0.416 e. The number of nitrogens with two attached hydrogens (primary N) is 1. The number of rotatable bonds is 1. The summed E-state index contributed by atoms with van der Waals surface area (Å²) >= 11 is 5.78. The topological polar surface area (TPSA) is 38.9 Å². The molecule has 0 aliphatic heterocycles. The number of hydrogen-bond donors (Lipinski definition) is 1. The van der Waals surface area contributed by atoms with Gasteiger partial charge in [0.25, 0.3) is 0 Å². The van der Waals surface area contributed by atoms with Gasteiger partial charge in [0.2, 0.25) is 0 Å². The van der Waals surface area contributed by atoms with Crippen molar-refractivity contribution in [1.29, 1.82) is 0 Å². The van der Waals surface area contributed by atoms with Crippen LogP contribution >= 0.6 is 11.6 Å². The first-order chi connectivity index (χ1) is 8.77. The van der Waals surface area contributed by atoms with E-state index < -0.39 is 17.6 Å². The molecule has 2 rings (SSSR count). The van der Waals surface area contributed by atoms with Gasteiger partial charge in [0, 0.05) is 5.56 Å². The molecule has 1 aromatic heterocycles. The third-order valence-electron chi connectivity index (χ3n) is 2.38. The minimum Gasteiger partial charge on any atom is -0.384 e. The fraction of sp³-hybridized carbons (Fsp3) is 0.0833.